The summed E-state index contributed by atoms with van der Waals surface area (Å²) >= 11 is 0. The summed E-state index contributed by atoms with van der Waals surface area (Å²) < 4.78 is 25.3. The highest BCUT2D eigenvalue weighted by atomic mass is 19.1. The van der Waals surface area contributed by atoms with Gasteiger partial charge in [0.25, 0.3) is 0 Å². The molecule has 1 fully saturated rings. The zero-order valence-electron chi connectivity index (χ0n) is 22.6. The normalized spacial score (nSPS) is 14.9. The van der Waals surface area contributed by atoms with E-state index in [1.807, 2.05) is 0 Å². The Morgan fingerprint density at radius 1 is 1.13 bits per heavy atom. The van der Waals surface area contributed by atoms with Crippen LogP contribution in [0.2, 0.25) is 0 Å². The van der Waals surface area contributed by atoms with Gasteiger partial charge in [-0.15, -0.1) is 0 Å². The summed E-state index contributed by atoms with van der Waals surface area (Å²) in [5.41, 5.74) is -0.207. The smallest absolute Gasteiger partial charge is 0.408 e. The van der Waals surface area contributed by atoms with Gasteiger partial charge in [-0.1, -0.05) is 6.92 Å². The van der Waals surface area contributed by atoms with Crippen molar-refractivity contribution in [3.63, 3.8) is 0 Å². The van der Waals surface area contributed by atoms with Crippen LogP contribution in [0, 0.1) is 18.7 Å². The molecule has 1 aromatic heterocycles. The molecule has 2 unspecified atom stereocenters. The van der Waals surface area contributed by atoms with E-state index in [2.05, 4.69) is 20.6 Å². The number of esters is 1. The molecule has 11 heteroatoms. The van der Waals surface area contributed by atoms with Gasteiger partial charge in [-0.2, -0.15) is 0 Å². The van der Waals surface area contributed by atoms with E-state index < -0.39 is 53.4 Å². The lowest BCUT2D eigenvalue weighted by Gasteiger charge is -2.24. The molecule has 10 nitrogen and oxygen atoms in total. The molecule has 38 heavy (non-hydrogen) atoms. The third kappa shape index (κ3) is 7.23. The van der Waals surface area contributed by atoms with Gasteiger partial charge >= 0.3 is 12.1 Å². The van der Waals surface area contributed by atoms with Gasteiger partial charge in [0.15, 0.2) is 11.6 Å². The maximum Gasteiger partial charge on any atom is 0.408 e. The molecule has 1 aliphatic carbocycles. The number of carbonyl (C=O) groups excluding carboxylic acids is 4. The fourth-order valence-corrected chi connectivity index (χ4v) is 3.91. The third-order valence-electron chi connectivity index (χ3n) is 5.90. The summed E-state index contributed by atoms with van der Waals surface area (Å²) in [6.45, 7) is 9.95. The van der Waals surface area contributed by atoms with Crippen molar-refractivity contribution in [1.29, 1.82) is 0 Å². The topological polar surface area (TPSA) is 137 Å². The molecule has 1 heterocycles. The van der Waals surface area contributed by atoms with E-state index in [4.69, 9.17) is 9.47 Å². The fourth-order valence-electron chi connectivity index (χ4n) is 3.91. The summed E-state index contributed by atoms with van der Waals surface area (Å²) in [6.07, 6.45) is 0.584. The lowest BCUT2D eigenvalue weighted by molar-refractivity contribution is -0.152. The van der Waals surface area contributed by atoms with Crippen molar-refractivity contribution >= 4 is 40.5 Å². The lowest BCUT2D eigenvalue weighted by atomic mass is 9.89. The van der Waals surface area contributed by atoms with E-state index in [1.54, 1.807) is 41.5 Å². The average Bonchev–Trinajstić information content (AvgIpc) is 3.64. The molecule has 2 N–H and O–H groups in total. The predicted octanol–water partition coefficient (Wildman–Crippen LogP) is 4.28. The van der Waals surface area contributed by atoms with Crippen LogP contribution in [0.4, 0.5) is 15.0 Å². The number of alkyl carbamates (subject to hydrolysis) is 1. The van der Waals surface area contributed by atoms with Crippen LogP contribution in [-0.4, -0.2) is 57.9 Å². The Bertz CT molecular complexity index is 1240. The summed E-state index contributed by atoms with van der Waals surface area (Å²) in [7, 11) is 0. The van der Waals surface area contributed by atoms with Crippen molar-refractivity contribution in [2.24, 2.45) is 5.92 Å². The van der Waals surface area contributed by atoms with Crippen LogP contribution < -0.4 is 10.6 Å². The van der Waals surface area contributed by atoms with Crippen molar-refractivity contribution in [3.8, 4) is 0 Å². The van der Waals surface area contributed by atoms with Crippen molar-refractivity contribution in [1.82, 2.24) is 15.3 Å². The zero-order chi connectivity index (χ0) is 28.2. The number of aromatic nitrogens is 2. The van der Waals surface area contributed by atoms with Gasteiger partial charge in [-0.3, -0.25) is 14.4 Å². The van der Waals surface area contributed by atoms with E-state index in [-0.39, 0.29) is 30.1 Å². The van der Waals surface area contributed by atoms with E-state index in [1.165, 1.54) is 6.07 Å². The highest BCUT2D eigenvalue weighted by Gasteiger charge is 2.37. The minimum atomic E-state index is -1.57. The van der Waals surface area contributed by atoms with Crippen molar-refractivity contribution in [3.05, 3.63) is 29.2 Å². The minimum Gasteiger partial charge on any atom is -0.465 e. The standard InChI is InChI=1S/C27H35FN4O6/c1-7-18(31-26(36)38-27(4,5)6)23(34)16(25(35)37-8-2)13-20(33)21-17(28)11-12-19-22(21)32-24(14(3)29-19)30-15-9-10-15/h11-12,15-16,18H,7-10,13H2,1-6H3,(H,30,32)(H,31,36). The lowest BCUT2D eigenvalue weighted by Crippen LogP contribution is -2.47. The van der Waals surface area contributed by atoms with Gasteiger partial charge in [-0.25, -0.2) is 19.2 Å². The average molecular weight is 531 g/mol. The number of rotatable bonds is 11. The molecule has 1 amide bonds. The molecule has 1 aliphatic rings. The molecule has 1 saturated carbocycles. The summed E-state index contributed by atoms with van der Waals surface area (Å²) in [5.74, 6) is -4.43. The number of halogens is 1. The van der Waals surface area contributed by atoms with Gasteiger partial charge in [0, 0.05) is 12.5 Å². The second kappa shape index (κ2) is 11.8. The first-order valence-electron chi connectivity index (χ1n) is 12.8. The zero-order valence-corrected chi connectivity index (χ0v) is 22.6. The Hall–Kier alpha value is -3.63. The Morgan fingerprint density at radius 2 is 1.82 bits per heavy atom. The number of ketones is 2. The first kappa shape index (κ1) is 28.9. The van der Waals surface area contributed by atoms with Crippen LogP contribution in [0.1, 0.15) is 76.4 Å². The molecule has 0 aliphatic heterocycles. The quantitative estimate of drug-likeness (QED) is 0.248. The van der Waals surface area contributed by atoms with Crippen LogP contribution in [0.3, 0.4) is 0 Å². The summed E-state index contributed by atoms with van der Waals surface area (Å²) in [4.78, 5) is 60.9. The molecule has 206 valence electrons. The molecule has 0 saturated heterocycles. The largest absolute Gasteiger partial charge is 0.465 e. The number of fused-ring (bicyclic) bond motifs is 1. The molecular weight excluding hydrogens is 495 g/mol. The first-order chi connectivity index (χ1) is 17.8. The molecule has 3 rings (SSSR count). The second-order valence-electron chi connectivity index (χ2n) is 10.3. The third-order valence-corrected chi connectivity index (χ3v) is 5.90. The Balaban J connectivity index is 1.93. The molecule has 2 aromatic rings. The van der Waals surface area contributed by atoms with Gasteiger partial charge in [0.05, 0.1) is 29.4 Å². The van der Waals surface area contributed by atoms with Gasteiger partial charge in [0.1, 0.15) is 28.7 Å². The monoisotopic (exact) mass is 530 g/mol. The first-order valence-corrected chi connectivity index (χ1v) is 12.8. The number of hydrogen-bond acceptors (Lipinski definition) is 9. The summed E-state index contributed by atoms with van der Waals surface area (Å²) in [6, 6.07) is 1.66. The molecule has 2 atom stereocenters. The Kier molecular flexibility index (Phi) is 9.01. The minimum absolute atomic E-state index is 0.0311. The Labute approximate surface area is 221 Å². The molecule has 1 aromatic carbocycles. The number of Topliss-reactive ketones (excluding diaryl/α,β-unsaturated/α-hetero) is 2. The molecule has 0 radical (unpaired) electrons. The maximum absolute atomic E-state index is 15.0. The highest BCUT2D eigenvalue weighted by Crippen LogP contribution is 2.29. The van der Waals surface area contributed by atoms with Crippen LogP contribution >= 0.6 is 0 Å². The van der Waals surface area contributed by atoms with Gasteiger partial charge < -0.3 is 20.1 Å². The Morgan fingerprint density at radius 3 is 2.39 bits per heavy atom. The number of benzene rings is 1. The van der Waals surface area contributed by atoms with Crippen molar-refractivity contribution in [2.45, 2.75) is 84.9 Å². The summed E-state index contributed by atoms with van der Waals surface area (Å²) in [5, 5.41) is 5.68. The second-order valence-corrected chi connectivity index (χ2v) is 10.3. The number of anilines is 1. The van der Waals surface area contributed by atoms with Crippen LogP contribution in [-0.2, 0) is 19.1 Å². The number of hydrogen-bond donors (Lipinski definition) is 2. The maximum atomic E-state index is 15.0. The number of amides is 1. The van der Waals surface area contributed by atoms with Crippen LogP contribution in [0.15, 0.2) is 12.1 Å². The van der Waals surface area contributed by atoms with Crippen LogP contribution in [0.25, 0.3) is 11.0 Å². The van der Waals surface area contributed by atoms with Crippen LogP contribution in [0.5, 0.6) is 0 Å². The van der Waals surface area contributed by atoms with E-state index >= 15 is 4.39 Å². The number of nitrogens with zero attached hydrogens (tertiary/aromatic N) is 2. The highest BCUT2D eigenvalue weighted by molar-refractivity contribution is 6.12. The number of nitrogens with one attached hydrogen (secondary N) is 2. The number of ether oxygens (including phenoxy) is 2. The number of aryl methyl sites for hydroxylation is 1. The van der Waals surface area contributed by atoms with Crippen molar-refractivity contribution < 1.29 is 33.0 Å². The number of carbonyl (C=O) groups is 4. The SMILES string of the molecule is CCOC(=O)C(CC(=O)c1c(F)ccc2nc(C)c(NC3CC3)nc12)C(=O)C(CC)NC(=O)OC(C)(C)C. The van der Waals surface area contributed by atoms with Gasteiger partial charge in [0.2, 0.25) is 0 Å². The van der Waals surface area contributed by atoms with E-state index in [0.29, 0.717) is 17.0 Å². The van der Waals surface area contributed by atoms with E-state index in [9.17, 15) is 19.2 Å². The van der Waals surface area contributed by atoms with Crippen molar-refractivity contribution in [2.75, 3.05) is 11.9 Å². The molecule has 0 bridgehead atoms. The predicted molar refractivity (Wildman–Crippen MR) is 138 cm³/mol. The fraction of sp³-hybridized carbons (Fsp3) is 0.556. The van der Waals surface area contributed by atoms with Gasteiger partial charge in [-0.05, 0) is 66.0 Å². The molecular formula is C27H35FN4O6. The van der Waals surface area contributed by atoms with E-state index in [0.717, 1.165) is 18.9 Å². The molecule has 0 spiro atoms.